The van der Waals surface area contributed by atoms with E-state index in [0.717, 1.165) is 25.7 Å². The van der Waals surface area contributed by atoms with Gasteiger partial charge in [-0.3, -0.25) is 10.1 Å². The minimum atomic E-state index is -1.22. The van der Waals surface area contributed by atoms with Crippen molar-refractivity contribution in [2.45, 2.75) is 64.8 Å². The molecule has 2 rings (SSSR count). The van der Waals surface area contributed by atoms with Gasteiger partial charge in [-0.2, -0.15) is 0 Å². The van der Waals surface area contributed by atoms with Crippen LogP contribution in [0.15, 0.2) is 0 Å². The van der Waals surface area contributed by atoms with E-state index >= 15 is 0 Å². The van der Waals surface area contributed by atoms with Crippen molar-refractivity contribution >= 4 is 11.6 Å². The molecule has 0 amide bonds. The maximum Gasteiger partial charge on any atom is 0.298 e. The third kappa shape index (κ3) is 2.28. The Kier molecular flexibility index (Phi) is 3.90. The zero-order valence-electron chi connectivity index (χ0n) is 12.5. The van der Waals surface area contributed by atoms with Crippen molar-refractivity contribution in [2.75, 3.05) is 0 Å². The molecule has 0 saturated heterocycles. The second-order valence-corrected chi connectivity index (χ2v) is 8.01. The highest BCUT2D eigenvalue weighted by molar-refractivity contribution is 6.23. The van der Waals surface area contributed by atoms with Crippen LogP contribution in [0.2, 0.25) is 0 Å². The molecule has 2 fully saturated rings. The van der Waals surface area contributed by atoms with Crippen molar-refractivity contribution < 1.29 is 4.92 Å². The summed E-state index contributed by atoms with van der Waals surface area (Å²) >= 11 is 6.47. The predicted octanol–water partition coefficient (Wildman–Crippen LogP) is 4.71. The van der Waals surface area contributed by atoms with Gasteiger partial charge in [0.05, 0.1) is 5.92 Å². The molecule has 0 heterocycles. The van der Waals surface area contributed by atoms with E-state index in [1.54, 1.807) is 0 Å². The van der Waals surface area contributed by atoms with Gasteiger partial charge in [-0.05, 0) is 60.5 Å². The monoisotopic (exact) mass is 287 g/mol. The molecule has 0 spiro atoms. The Morgan fingerprint density at radius 1 is 1.32 bits per heavy atom. The standard InChI is InChI=1S/C15H26ClNO2/c1-10(2)12-5-6-13-14(4,9-12)11(3)7-8-15(13,16)17(18)19/h10-13H,5-9H2,1-4H3/t11-,12-,13-,14+,15+/m1/s1. The Hall–Kier alpha value is -0.310. The highest BCUT2D eigenvalue weighted by Gasteiger charge is 2.62. The second-order valence-electron chi connectivity index (χ2n) is 7.36. The predicted molar refractivity (Wildman–Crippen MR) is 77.8 cm³/mol. The van der Waals surface area contributed by atoms with E-state index in [9.17, 15) is 10.1 Å². The molecule has 0 radical (unpaired) electrons. The van der Waals surface area contributed by atoms with Crippen molar-refractivity contribution in [3.05, 3.63) is 10.1 Å². The summed E-state index contributed by atoms with van der Waals surface area (Å²) in [6.45, 7) is 9.04. The maximum absolute atomic E-state index is 11.5. The van der Waals surface area contributed by atoms with E-state index in [2.05, 4.69) is 27.7 Å². The summed E-state index contributed by atoms with van der Waals surface area (Å²) in [5.74, 6) is 1.91. The molecular formula is C15H26ClNO2. The van der Waals surface area contributed by atoms with E-state index in [1.807, 2.05) is 0 Å². The van der Waals surface area contributed by atoms with Crippen LogP contribution in [-0.2, 0) is 0 Å². The first kappa shape index (κ1) is 15.1. The topological polar surface area (TPSA) is 43.1 Å². The number of rotatable bonds is 2. The smallest absolute Gasteiger partial charge is 0.263 e. The van der Waals surface area contributed by atoms with E-state index < -0.39 is 5.00 Å². The maximum atomic E-state index is 11.5. The Bertz CT molecular complexity index is 373. The van der Waals surface area contributed by atoms with Crippen molar-refractivity contribution in [1.29, 1.82) is 0 Å². The van der Waals surface area contributed by atoms with Gasteiger partial charge in [0.25, 0.3) is 5.00 Å². The number of alkyl halides is 1. The first-order valence-electron chi connectivity index (χ1n) is 7.55. The molecule has 0 aromatic heterocycles. The van der Waals surface area contributed by atoms with Gasteiger partial charge in [0.2, 0.25) is 0 Å². The fraction of sp³-hybridized carbons (Fsp3) is 1.00. The van der Waals surface area contributed by atoms with Crippen LogP contribution in [0.5, 0.6) is 0 Å². The largest absolute Gasteiger partial charge is 0.298 e. The summed E-state index contributed by atoms with van der Waals surface area (Å²) in [5.41, 5.74) is 0.0280. The van der Waals surface area contributed by atoms with E-state index in [0.29, 0.717) is 24.2 Å². The molecule has 0 aliphatic heterocycles. The first-order chi connectivity index (χ1) is 8.71. The molecule has 2 aliphatic rings. The van der Waals surface area contributed by atoms with Gasteiger partial charge in [-0.15, -0.1) is 0 Å². The lowest BCUT2D eigenvalue weighted by Gasteiger charge is -2.54. The number of hydrogen-bond acceptors (Lipinski definition) is 2. The molecular weight excluding hydrogens is 262 g/mol. The Labute approximate surface area is 121 Å². The van der Waals surface area contributed by atoms with Crippen molar-refractivity contribution in [1.82, 2.24) is 0 Å². The molecule has 0 aromatic rings. The molecule has 0 unspecified atom stereocenters. The molecule has 0 N–H and O–H groups in total. The van der Waals surface area contributed by atoms with Crippen LogP contribution >= 0.6 is 11.6 Å². The fourth-order valence-corrected chi connectivity index (χ4v) is 4.97. The lowest BCUT2D eigenvalue weighted by atomic mass is 9.51. The van der Waals surface area contributed by atoms with Crippen LogP contribution in [0, 0.1) is 39.2 Å². The SMILES string of the molecule is CC(C)[C@@H]1CC[C@@H]2[C@@](C)(C1)[C@H](C)CC[C@]2(Cl)[N+](=O)[O-]. The van der Waals surface area contributed by atoms with Crippen LogP contribution in [0.3, 0.4) is 0 Å². The highest BCUT2D eigenvalue weighted by atomic mass is 35.5. The number of halogens is 1. The molecule has 0 aromatic carbocycles. The second kappa shape index (κ2) is 4.91. The third-order valence-corrected chi connectivity index (χ3v) is 6.75. The van der Waals surface area contributed by atoms with Crippen LogP contribution in [0.25, 0.3) is 0 Å². The minimum Gasteiger partial charge on any atom is -0.263 e. The van der Waals surface area contributed by atoms with Gasteiger partial charge in [0.15, 0.2) is 0 Å². The number of nitrogens with zero attached hydrogens (tertiary/aromatic N) is 1. The molecule has 110 valence electrons. The summed E-state index contributed by atoms with van der Waals surface area (Å²) in [7, 11) is 0. The molecule has 19 heavy (non-hydrogen) atoms. The fourth-order valence-electron chi connectivity index (χ4n) is 4.50. The molecule has 2 saturated carbocycles. The normalized spacial score (nSPS) is 46.9. The van der Waals surface area contributed by atoms with Crippen molar-refractivity contribution in [3.8, 4) is 0 Å². The summed E-state index contributed by atoms with van der Waals surface area (Å²) in [6.07, 6.45) is 4.50. The summed E-state index contributed by atoms with van der Waals surface area (Å²) in [6, 6.07) is 0. The van der Waals surface area contributed by atoms with Gasteiger partial charge in [0.1, 0.15) is 0 Å². The van der Waals surface area contributed by atoms with Crippen molar-refractivity contribution in [2.24, 2.45) is 29.1 Å². The average molecular weight is 288 g/mol. The van der Waals surface area contributed by atoms with Gasteiger partial charge in [-0.25, -0.2) is 0 Å². The lowest BCUT2D eigenvalue weighted by Crippen LogP contribution is -2.57. The lowest BCUT2D eigenvalue weighted by molar-refractivity contribution is -0.564. The van der Waals surface area contributed by atoms with Gasteiger partial charge in [-0.1, -0.05) is 27.7 Å². The Balaban J connectivity index is 2.32. The third-order valence-electron chi connectivity index (χ3n) is 6.16. The average Bonchev–Trinajstić information content (AvgIpc) is 2.33. The van der Waals surface area contributed by atoms with E-state index in [-0.39, 0.29) is 16.3 Å². The van der Waals surface area contributed by atoms with Crippen LogP contribution < -0.4 is 0 Å². The van der Waals surface area contributed by atoms with Crippen LogP contribution in [0.1, 0.15) is 59.8 Å². The molecule has 5 atom stereocenters. The first-order valence-corrected chi connectivity index (χ1v) is 7.93. The van der Waals surface area contributed by atoms with Crippen LogP contribution in [0.4, 0.5) is 0 Å². The molecule has 3 nitrogen and oxygen atoms in total. The van der Waals surface area contributed by atoms with E-state index in [1.165, 1.54) is 0 Å². The number of hydrogen-bond donors (Lipinski definition) is 0. The zero-order valence-corrected chi connectivity index (χ0v) is 13.2. The Morgan fingerprint density at radius 2 is 1.95 bits per heavy atom. The molecule has 0 bridgehead atoms. The minimum absolute atomic E-state index is 0.0235. The van der Waals surface area contributed by atoms with Gasteiger partial charge in [0, 0.05) is 11.3 Å². The summed E-state index contributed by atoms with van der Waals surface area (Å²) in [4.78, 5) is 10.0. The number of nitro groups is 1. The summed E-state index contributed by atoms with van der Waals surface area (Å²) < 4.78 is 0. The highest BCUT2D eigenvalue weighted by Crippen LogP contribution is 2.60. The van der Waals surface area contributed by atoms with Gasteiger partial charge >= 0.3 is 0 Å². The van der Waals surface area contributed by atoms with Gasteiger partial charge < -0.3 is 0 Å². The molecule has 2 aliphatic carbocycles. The van der Waals surface area contributed by atoms with Crippen LogP contribution in [-0.4, -0.2) is 9.92 Å². The Morgan fingerprint density at radius 3 is 2.47 bits per heavy atom. The van der Waals surface area contributed by atoms with E-state index in [4.69, 9.17) is 11.6 Å². The summed E-state index contributed by atoms with van der Waals surface area (Å²) in [5, 5.41) is 11.5. The molecule has 4 heteroatoms. The van der Waals surface area contributed by atoms with Crippen molar-refractivity contribution in [3.63, 3.8) is 0 Å². The zero-order chi connectivity index (χ0) is 14.4. The quantitative estimate of drug-likeness (QED) is 0.319. The number of fused-ring (bicyclic) bond motifs is 1.